The van der Waals surface area contributed by atoms with Gasteiger partial charge in [-0.3, -0.25) is 43.3 Å². The summed E-state index contributed by atoms with van der Waals surface area (Å²) < 4.78 is 11.6. The number of nitrogens with zero attached hydrogens (tertiary/aromatic N) is 4. The highest BCUT2D eigenvalue weighted by molar-refractivity contribution is 7.09. The zero-order valence-electron chi connectivity index (χ0n) is 46.3. The topological polar surface area (TPSA) is 240 Å². The predicted octanol–water partition coefficient (Wildman–Crippen LogP) is 6.10. The smallest absolute Gasteiger partial charge is 0.271 e. The van der Waals surface area contributed by atoms with Crippen LogP contribution in [-0.4, -0.2) is 145 Å². The van der Waals surface area contributed by atoms with Crippen LogP contribution in [0.5, 0.6) is 0 Å². The van der Waals surface area contributed by atoms with Crippen molar-refractivity contribution in [3.8, 4) is 0 Å². The van der Waals surface area contributed by atoms with Crippen molar-refractivity contribution in [1.29, 1.82) is 0 Å². The molecule has 1 aromatic heterocycles. The molecule has 8 atom stereocenters. The number of carbonyl (C=O) groups excluding carboxylic acids is 8. The quantitative estimate of drug-likeness (QED) is 0.0451. The molecule has 0 unspecified atom stereocenters. The molecule has 19 heteroatoms. The molecule has 420 valence electrons. The first kappa shape index (κ1) is 63.1. The van der Waals surface area contributed by atoms with Gasteiger partial charge >= 0.3 is 0 Å². The van der Waals surface area contributed by atoms with E-state index in [2.05, 4.69) is 32.4 Å². The summed E-state index contributed by atoms with van der Waals surface area (Å²) in [4.78, 5) is 118. The first-order chi connectivity index (χ1) is 36.3. The number of piperidine rings is 1. The molecule has 18 nitrogen and oxygen atoms in total. The Morgan fingerprint density at radius 3 is 2.32 bits per heavy atom. The summed E-state index contributed by atoms with van der Waals surface area (Å²) >= 11 is 1.23. The number of aromatic nitrogens is 1. The number of likely N-dealkylation sites (tertiary alicyclic amines) is 1. The number of hydrogen-bond donors (Lipinski definition) is 4. The van der Waals surface area contributed by atoms with Crippen LogP contribution < -0.4 is 21.7 Å². The fraction of sp³-hybridized carbons (Fsp3) is 0.632. The second-order valence-electron chi connectivity index (χ2n) is 20.8. The number of rotatable bonds is 35. The molecule has 1 saturated heterocycles. The van der Waals surface area contributed by atoms with Gasteiger partial charge in [-0.15, -0.1) is 11.3 Å². The van der Waals surface area contributed by atoms with E-state index >= 15 is 0 Å². The zero-order valence-corrected chi connectivity index (χ0v) is 47.1. The highest BCUT2D eigenvalue weighted by atomic mass is 32.1. The van der Waals surface area contributed by atoms with E-state index in [1.54, 1.807) is 37.5 Å². The van der Waals surface area contributed by atoms with Crippen molar-refractivity contribution in [2.45, 2.75) is 155 Å². The number of ether oxygens (including phenoxy) is 2. The van der Waals surface area contributed by atoms with Crippen molar-refractivity contribution < 1.29 is 47.8 Å². The lowest BCUT2D eigenvalue weighted by Crippen LogP contribution is -2.50. The maximum atomic E-state index is 14.7. The van der Waals surface area contributed by atoms with E-state index in [9.17, 15) is 38.4 Å². The minimum Gasteiger partial charge on any atom is -0.374 e. The standard InChI is InChI=1S/C57H86N8O10S/c1-10-38(4)43(33-50(68)46-22-15-17-29-63(46)7)57(73)65(36-74-8)47(37(2)3)34-51(75-9)56-62-45(35-76-56)55(72)60-40(6)49(67)32-42(31-41-19-12-11-13-20-41)54(71)61-44(21-14-16-27-58)48(66)23-18-28-59-52(69)26-30-64-39(5)24-25-53(64)70/h11-13,19-20,24-25,35,37-38,40,42-44,46-47,51H,5,10,14-18,21-23,26-34,36,58H2,1-4,6-9H3,(H,59,69)(H,60,72)(H,61,71)/t38-,40-,42+,43-,44-,46+,47+,51+/m0/s1. The fourth-order valence-electron chi connectivity index (χ4n) is 9.87. The van der Waals surface area contributed by atoms with E-state index in [-0.39, 0.29) is 111 Å². The number of ketones is 3. The lowest BCUT2D eigenvalue weighted by atomic mass is 9.82. The van der Waals surface area contributed by atoms with Gasteiger partial charge in [-0.25, -0.2) is 4.98 Å². The molecular weight excluding hydrogens is 989 g/mol. The van der Waals surface area contributed by atoms with Crippen LogP contribution in [0.4, 0.5) is 0 Å². The summed E-state index contributed by atoms with van der Waals surface area (Å²) in [5.74, 6) is -3.71. The number of Topliss-reactive ketones (excluding diaryl/α,β-unsaturated/α-hetero) is 3. The van der Waals surface area contributed by atoms with Crippen molar-refractivity contribution in [2.24, 2.45) is 29.4 Å². The molecule has 5 N–H and O–H groups in total. The van der Waals surface area contributed by atoms with E-state index < -0.39 is 47.6 Å². The largest absolute Gasteiger partial charge is 0.374 e. The van der Waals surface area contributed by atoms with E-state index in [0.29, 0.717) is 49.4 Å². The van der Waals surface area contributed by atoms with Crippen LogP contribution in [0.3, 0.4) is 0 Å². The summed E-state index contributed by atoms with van der Waals surface area (Å²) in [6.07, 6.45) is 8.45. The van der Waals surface area contributed by atoms with Gasteiger partial charge in [0.1, 0.15) is 23.5 Å². The number of nitrogens with two attached hydrogens (primary N) is 1. The Balaban J connectivity index is 1.41. The zero-order chi connectivity index (χ0) is 55.9. The van der Waals surface area contributed by atoms with Gasteiger partial charge in [0.25, 0.3) is 11.8 Å². The molecule has 2 aliphatic rings. The van der Waals surface area contributed by atoms with Crippen LogP contribution in [0.2, 0.25) is 0 Å². The van der Waals surface area contributed by atoms with Gasteiger partial charge in [0.15, 0.2) is 17.3 Å². The SMILES string of the molecule is C=C1C=CC(=O)N1CCC(=O)NCCCC(=O)[C@H](CCCCN)NC(=O)[C@@H](CC(=O)[C@H](C)NC(=O)c1csc([C@@H](C[C@H](C(C)C)N(COC)C(=O)[C@@H](CC(=O)[C@H]2CCCCN2C)[C@@H](C)CC)OC)n1)Cc1ccccc1. The van der Waals surface area contributed by atoms with Gasteiger partial charge in [-0.2, -0.15) is 0 Å². The third-order valence-corrected chi connectivity index (χ3v) is 15.8. The average Bonchev–Trinajstić information content (AvgIpc) is 4.03. The molecule has 1 aromatic carbocycles. The number of nitrogens with one attached hydrogen (secondary N) is 3. The number of amides is 5. The lowest BCUT2D eigenvalue weighted by Gasteiger charge is -2.39. The summed E-state index contributed by atoms with van der Waals surface area (Å²) in [5, 5.41) is 10.6. The summed E-state index contributed by atoms with van der Waals surface area (Å²) in [7, 11) is 5.07. The number of hydrogen-bond acceptors (Lipinski definition) is 14. The minimum absolute atomic E-state index is 0.0197. The Morgan fingerprint density at radius 2 is 1.68 bits per heavy atom. The van der Waals surface area contributed by atoms with Gasteiger partial charge < -0.3 is 41.0 Å². The molecule has 76 heavy (non-hydrogen) atoms. The maximum absolute atomic E-state index is 14.7. The van der Waals surface area contributed by atoms with Gasteiger partial charge in [0, 0.05) is 94.4 Å². The average molecular weight is 1080 g/mol. The summed E-state index contributed by atoms with van der Waals surface area (Å²) in [6, 6.07) is 6.82. The Hall–Kier alpha value is -5.47. The summed E-state index contributed by atoms with van der Waals surface area (Å²) in [5.41, 5.74) is 7.19. The van der Waals surface area contributed by atoms with Crippen LogP contribution in [0, 0.1) is 23.7 Å². The first-order valence-electron chi connectivity index (χ1n) is 27.2. The summed E-state index contributed by atoms with van der Waals surface area (Å²) in [6.45, 7) is 15.2. The molecule has 0 aliphatic carbocycles. The van der Waals surface area contributed by atoms with Gasteiger partial charge in [-0.1, -0.05) is 77.4 Å². The van der Waals surface area contributed by atoms with Crippen LogP contribution in [0.25, 0.3) is 0 Å². The number of unbranched alkanes of at least 4 members (excludes halogenated alkanes) is 1. The number of carbonyl (C=O) groups is 8. The molecular formula is C57H86N8O10S. The highest BCUT2D eigenvalue weighted by Crippen LogP contribution is 2.33. The van der Waals surface area contributed by atoms with Crippen LogP contribution >= 0.6 is 11.3 Å². The van der Waals surface area contributed by atoms with Crippen molar-refractivity contribution in [3.63, 3.8) is 0 Å². The van der Waals surface area contributed by atoms with Crippen LogP contribution in [0.1, 0.15) is 145 Å². The first-order valence-corrected chi connectivity index (χ1v) is 28.1. The lowest BCUT2D eigenvalue weighted by molar-refractivity contribution is -0.150. The number of methoxy groups -OCH3 is 2. The Bertz CT molecular complexity index is 2270. The fourth-order valence-corrected chi connectivity index (χ4v) is 10.8. The monoisotopic (exact) mass is 1070 g/mol. The van der Waals surface area contributed by atoms with Crippen molar-refractivity contribution in [3.05, 3.63) is 76.4 Å². The van der Waals surface area contributed by atoms with Gasteiger partial charge in [0.05, 0.1) is 18.1 Å². The number of thiazole rings is 1. The number of benzene rings is 1. The molecule has 1 fully saturated rings. The van der Waals surface area contributed by atoms with E-state index in [1.807, 2.05) is 65.1 Å². The predicted molar refractivity (Wildman–Crippen MR) is 294 cm³/mol. The second-order valence-corrected chi connectivity index (χ2v) is 21.7. The van der Waals surface area contributed by atoms with E-state index in [4.69, 9.17) is 15.2 Å². The van der Waals surface area contributed by atoms with Crippen molar-refractivity contribution >= 4 is 58.2 Å². The number of allylic oxidation sites excluding steroid dienone is 1. The Labute approximate surface area is 454 Å². The molecule has 0 saturated carbocycles. The highest BCUT2D eigenvalue weighted by Gasteiger charge is 2.39. The third-order valence-electron chi connectivity index (χ3n) is 14.8. The van der Waals surface area contributed by atoms with Crippen LogP contribution in [0.15, 0.2) is 60.1 Å². The molecule has 0 radical (unpaired) electrons. The Morgan fingerprint density at radius 1 is 0.947 bits per heavy atom. The molecule has 3 heterocycles. The molecule has 5 amide bonds. The van der Waals surface area contributed by atoms with E-state index in [1.165, 1.54) is 22.3 Å². The number of likely N-dealkylation sites (N-methyl/N-ethyl adjacent to an activating group) is 1. The van der Waals surface area contributed by atoms with Crippen molar-refractivity contribution in [1.82, 2.24) is 35.6 Å². The molecule has 0 bridgehead atoms. The molecule has 4 rings (SSSR count). The minimum atomic E-state index is -1.01. The Kier molecular flexibility index (Phi) is 26.8. The molecule has 0 spiro atoms. The van der Waals surface area contributed by atoms with Crippen LogP contribution in [-0.2, 0) is 49.5 Å². The normalized spacial score (nSPS) is 17.6. The maximum Gasteiger partial charge on any atom is 0.271 e. The third kappa shape index (κ3) is 19.2. The van der Waals surface area contributed by atoms with Gasteiger partial charge in [0.2, 0.25) is 17.7 Å². The van der Waals surface area contributed by atoms with Gasteiger partial charge in [-0.05, 0) is 95.5 Å². The second kappa shape index (κ2) is 32.3. The van der Waals surface area contributed by atoms with Crippen molar-refractivity contribution in [2.75, 3.05) is 54.2 Å². The molecule has 2 aromatic rings. The molecule has 2 aliphatic heterocycles. The van der Waals surface area contributed by atoms with E-state index in [0.717, 1.165) is 37.8 Å².